The molecule has 0 atom stereocenters. The number of thiophene rings is 1. The second-order valence-electron chi connectivity index (χ2n) is 15.2. The van der Waals surface area contributed by atoms with E-state index in [1.165, 1.54) is 91.2 Å². The quantitative estimate of drug-likeness (QED) is 0.177. The molecule has 2 heterocycles. The fraction of sp³-hybridized carbons (Fsp3) is 0.115. The summed E-state index contributed by atoms with van der Waals surface area (Å²) in [6, 6.07) is 61.8. The van der Waals surface area contributed by atoms with Gasteiger partial charge in [0, 0.05) is 42.3 Å². The van der Waals surface area contributed by atoms with Crippen LogP contribution in [0.1, 0.15) is 43.2 Å². The van der Waals surface area contributed by atoms with Crippen molar-refractivity contribution in [2.45, 2.75) is 37.5 Å². The summed E-state index contributed by atoms with van der Waals surface area (Å²) in [5.41, 5.74) is 16.2. The fourth-order valence-corrected chi connectivity index (χ4v) is 10.8. The summed E-state index contributed by atoms with van der Waals surface area (Å²) in [5, 5.41) is 2.58. The number of rotatable bonds is 5. The van der Waals surface area contributed by atoms with Crippen LogP contribution in [0, 0.1) is 0 Å². The average molecular weight is 723 g/mol. The molecule has 2 aliphatic rings. The van der Waals surface area contributed by atoms with Crippen molar-refractivity contribution in [1.29, 1.82) is 0 Å². The fourth-order valence-electron chi connectivity index (χ4n) is 9.55. The van der Waals surface area contributed by atoms with Crippen molar-refractivity contribution in [3.05, 3.63) is 181 Å². The first-order chi connectivity index (χ1) is 27.2. The predicted molar refractivity (Wildman–Crippen MR) is 231 cm³/mol. The van der Waals surface area contributed by atoms with Gasteiger partial charge < -0.3 is 0 Å². The molecule has 2 nitrogen and oxygen atoms in total. The molecule has 262 valence electrons. The topological polar surface area (TPSA) is 25.8 Å². The standard InChI is InChI=1S/C52H38N2S/c1-4-14-34(15-5-1)35-24-26-37(27-25-35)51-53-46(36-16-6-2-7-17-36)33-47(54-51)38-28-29-48-44(32-38)43-22-13-21-42(50(43)55-48)41-20-12-19-40-39-18-8-9-23-45(39)52(49(40)41)30-10-3-11-31-52/h1-2,4-9,12-29,32-33H,3,10-11,30-31H2. The monoisotopic (exact) mass is 722 g/mol. The van der Waals surface area contributed by atoms with Crippen LogP contribution in [0.15, 0.2) is 170 Å². The molecule has 0 radical (unpaired) electrons. The van der Waals surface area contributed by atoms with E-state index in [0.29, 0.717) is 0 Å². The third-order valence-corrected chi connectivity index (χ3v) is 13.3. The van der Waals surface area contributed by atoms with Gasteiger partial charge in [-0.15, -0.1) is 11.3 Å². The van der Waals surface area contributed by atoms with E-state index < -0.39 is 0 Å². The van der Waals surface area contributed by atoms with Crippen LogP contribution in [0.5, 0.6) is 0 Å². The molecule has 9 aromatic rings. The van der Waals surface area contributed by atoms with Gasteiger partial charge in [0.2, 0.25) is 0 Å². The normalized spacial score (nSPS) is 14.3. The van der Waals surface area contributed by atoms with Crippen molar-refractivity contribution in [3.8, 4) is 67.3 Å². The highest BCUT2D eigenvalue weighted by Crippen LogP contribution is 2.59. The number of benzene rings is 7. The maximum absolute atomic E-state index is 5.24. The summed E-state index contributed by atoms with van der Waals surface area (Å²) >= 11 is 1.92. The van der Waals surface area contributed by atoms with Gasteiger partial charge >= 0.3 is 0 Å². The lowest BCUT2D eigenvalue weighted by Crippen LogP contribution is -2.28. The maximum atomic E-state index is 5.24. The minimum Gasteiger partial charge on any atom is -0.228 e. The Kier molecular flexibility index (Phi) is 7.63. The van der Waals surface area contributed by atoms with Crippen molar-refractivity contribution >= 4 is 31.5 Å². The molecule has 1 saturated carbocycles. The number of hydrogen-bond acceptors (Lipinski definition) is 3. The lowest BCUT2D eigenvalue weighted by molar-refractivity contribution is 0.353. The molecular weight excluding hydrogens is 685 g/mol. The predicted octanol–water partition coefficient (Wildman–Crippen LogP) is 14.4. The van der Waals surface area contributed by atoms with Crippen molar-refractivity contribution in [3.63, 3.8) is 0 Å². The van der Waals surface area contributed by atoms with E-state index in [9.17, 15) is 0 Å². The SMILES string of the molecule is c1ccc(-c2ccc(-c3nc(-c4ccccc4)cc(-c4ccc5sc6c(-c7cccc8c7C7(CCCCC7)c7ccccc7-8)cccc6c5c4)n3)cc2)cc1. The average Bonchev–Trinajstić information content (AvgIpc) is 3.77. The van der Waals surface area contributed by atoms with Gasteiger partial charge in [0.1, 0.15) is 0 Å². The van der Waals surface area contributed by atoms with Crippen LogP contribution in [-0.2, 0) is 5.41 Å². The number of nitrogens with zero attached hydrogens (tertiary/aromatic N) is 2. The van der Waals surface area contributed by atoms with Crippen molar-refractivity contribution < 1.29 is 0 Å². The molecule has 0 bridgehead atoms. The van der Waals surface area contributed by atoms with Gasteiger partial charge in [0.05, 0.1) is 11.4 Å². The molecule has 0 N–H and O–H groups in total. The minimum atomic E-state index is 0.0931. The lowest BCUT2D eigenvalue weighted by atomic mass is 9.66. The van der Waals surface area contributed by atoms with Gasteiger partial charge in [0.25, 0.3) is 0 Å². The van der Waals surface area contributed by atoms with Gasteiger partial charge in [-0.2, -0.15) is 0 Å². The Morgan fingerprint density at radius 3 is 1.78 bits per heavy atom. The smallest absolute Gasteiger partial charge is 0.160 e. The van der Waals surface area contributed by atoms with Gasteiger partial charge in [-0.3, -0.25) is 0 Å². The summed E-state index contributed by atoms with van der Waals surface area (Å²) in [4.78, 5) is 10.4. The Hall–Kier alpha value is -6.16. The minimum absolute atomic E-state index is 0.0931. The van der Waals surface area contributed by atoms with E-state index in [1.54, 1.807) is 5.56 Å². The van der Waals surface area contributed by atoms with Gasteiger partial charge in [0.15, 0.2) is 5.82 Å². The highest BCUT2D eigenvalue weighted by atomic mass is 32.1. The van der Waals surface area contributed by atoms with Crippen molar-refractivity contribution in [1.82, 2.24) is 9.97 Å². The third-order valence-electron chi connectivity index (χ3n) is 12.1. The van der Waals surface area contributed by atoms with E-state index in [2.05, 4.69) is 170 Å². The first-order valence-electron chi connectivity index (χ1n) is 19.5. The van der Waals surface area contributed by atoms with Crippen molar-refractivity contribution in [2.75, 3.05) is 0 Å². The van der Waals surface area contributed by atoms with Crippen LogP contribution in [0.4, 0.5) is 0 Å². The van der Waals surface area contributed by atoms with Crippen LogP contribution in [0.3, 0.4) is 0 Å². The Balaban J connectivity index is 1.05. The summed E-state index contributed by atoms with van der Waals surface area (Å²) in [7, 11) is 0. The summed E-state index contributed by atoms with van der Waals surface area (Å²) in [6.07, 6.45) is 6.35. The number of aromatic nitrogens is 2. The maximum Gasteiger partial charge on any atom is 0.160 e. The lowest BCUT2D eigenvalue weighted by Gasteiger charge is -2.37. The largest absolute Gasteiger partial charge is 0.228 e. The van der Waals surface area contributed by atoms with E-state index in [1.807, 2.05) is 11.3 Å². The molecule has 0 saturated heterocycles. The van der Waals surface area contributed by atoms with E-state index in [0.717, 1.165) is 33.9 Å². The van der Waals surface area contributed by atoms with E-state index >= 15 is 0 Å². The molecule has 3 heteroatoms. The van der Waals surface area contributed by atoms with Crippen LogP contribution in [-0.4, -0.2) is 9.97 Å². The molecule has 1 spiro atoms. The number of fused-ring (bicyclic) bond motifs is 8. The second kappa shape index (κ2) is 13.0. The first-order valence-corrected chi connectivity index (χ1v) is 20.3. The molecule has 2 aliphatic carbocycles. The molecule has 11 rings (SSSR count). The molecule has 1 fully saturated rings. The molecule has 0 amide bonds. The van der Waals surface area contributed by atoms with E-state index in [-0.39, 0.29) is 5.41 Å². The first kappa shape index (κ1) is 32.3. The van der Waals surface area contributed by atoms with Crippen LogP contribution >= 0.6 is 11.3 Å². The highest BCUT2D eigenvalue weighted by Gasteiger charge is 2.45. The molecular formula is C52H38N2S. The van der Waals surface area contributed by atoms with Gasteiger partial charge in [-0.25, -0.2) is 9.97 Å². The van der Waals surface area contributed by atoms with Gasteiger partial charge in [-0.05, 0) is 75.5 Å². The Morgan fingerprint density at radius 1 is 0.418 bits per heavy atom. The zero-order valence-corrected chi connectivity index (χ0v) is 31.3. The Morgan fingerprint density at radius 2 is 1.00 bits per heavy atom. The van der Waals surface area contributed by atoms with E-state index in [4.69, 9.17) is 9.97 Å². The zero-order chi connectivity index (χ0) is 36.3. The van der Waals surface area contributed by atoms with Gasteiger partial charge in [-0.1, -0.05) is 171 Å². The Labute approximate surface area is 325 Å². The molecule has 2 aromatic heterocycles. The Bertz CT molecular complexity index is 2880. The zero-order valence-electron chi connectivity index (χ0n) is 30.5. The van der Waals surface area contributed by atoms with Crippen molar-refractivity contribution in [2.24, 2.45) is 0 Å². The molecule has 0 unspecified atom stereocenters. The molecule has 0 aliphatic heterocycles. The molecule has 7 aromatic carbocycles. The van der Waals surface area contributed by atoms with Crippen LogP contribution in [0.25, 0.3) is 87.5 Å². The van der Waals surface area contributed by atoms with Crippen LogP contribution in [0.2, 0.25) is 0 Å². The summed E-state index contributed by atoms with van der Waals surface area (Å²) < 4.78 is 2.65. The third kappa shape index (κ3) is 5.29. The molecule has 55 heavy (non-hydrogen) atoms. The number of hydrogen-bond donors (Lipinski definition) is 0. The second-order valence-corrected chi connectivity index (χ2v) is 16.2. The summed E-state index contributed by atoms with van der Waals surface area (Å²) in [5.74, 6) is 0.726. The summed E-state index contributed by atoms with van der Waals surface area (Å²) in [6.45, 7) is 0. The van der Waals surface area contributed by atoms with Crippen LogP contribution < -0.4 is 0 Å². The highest BCUT2D eigenvalue weighted by molar-refractivity contribution is 7.26.